The van der Waals surface area contributed by atoms with Crippen LogP contribution in [0.1, 0.15) is 11.1 Å². The summed E-state index contributed by atoms with van der Waals surface area (Å²) in [6, 6.07) is 2.20. The second-order valence-electron chi connectivity index (χ2n) is 3.13. The Labute approximate surface area is 77.7 Å². The van der Waals surface area contributed by atoms with E-state index >= 15 is 0 Å². The van der Waals surface area contributed by atoms with Crippen LogP contribution in [-0.2, 0) is 6.18 Å². The molecule has 0 unspecified atom stereocenters. The maximum absolute atomic E-state index is 12.4. The number of nitrogens with one attached hydrogen (secondary N) is 1. The van der Waals surface area contributed by atoms with Crippen LogP contribution in [0.25, 0.3) is 10.9 Å². The molecule has 1 heterocycles. The van der Waals surface area contributed by atoms with Crippen molar-refractivity contribution in [1.82, 2.24) is 10.2 Å². The molecule has 0 atom stereocenters. The van der Waals surface area contributed by atoms with E-state index in [1.54, 1.807) is 6.92 Å². The lowest BCUT2D eigenvalue weighted by Crippen LogP contribution is -2.04. The van der Waals surface area contributed by atoms with Gasteiger partial charge in [0, 0.05) is 5.39 Å². The minimum Gasteiger partial charge on any atom is -0.278 e. The Morgan fingerprint density at radius 1 is 1.29 bits per heavy atom. The molecule has 0 saturated carbocycles. The number of aromatic amines is 1. The number of rotatable bonds is 0. The van der Waals surface area contributed by atoms with Gasteiger partial charge in [0.1, 0.15) is 0 Å². The predicted octanol–water partition coefficient (Wildman–Crippen LogP) is 2.89. The first-order chi connectivity index (χ1) is 6.48. The Balaban J connectivity index is 2.70. The van der Waals surface area contributed by atoms with Gasteiger partial charge in [0.15, 0.2) is 0 Å². The largest absolute Gasteiger partial charge is 0.416 e. The molecule has 0 aliphatic carbocycles. The lowest BCUT2D eigenvalue weighted by Gasteiger charge is -2.07. The molecule has 1 aromatic heterocycles. The third kappa shape index (κ3) is 1.34. The molecule has 1 aromatic carbocycles. The molecule has 0 radical (unpaired) electrons. The highest BCUT2D eigenvalue weighted by molar-refractivity contribution is 5.82. The third-order valence-electron chi connectivity index (χ3n) is 2.07. The molecule has 1 N–H and O–H groups in total. The van der Waals surface area contributed by atoms with E-state index in [2.05, 4.69) is 10.2 Å². The first kappa shape index (κ1) is 9.05. The van der Waals surface area contributed by atoms with Crippen LogP contribution in [0.15, 0.2) is 18.3 Å². The van der Waals surface area contributed by atoms with Gasteiger partial charge >= 0.3 is 6.18 Å². The molecule has 0 spiro atoms. The maximum Gasteiger partial charge on any atom is 0.416 e. The average Bonchev–Trinajstić information content (AvgIpc) is 2.50. The van der Waals surface area contributed by atoms with E-state index in [0.717, 1.165) is 12.1 Å². The number of halogens is 3. The second kappa shape index (κ2) is 2.73. The molecule has 2 nitrogen and oxygen atoms in total. The van der Waals surface area contributed by atoms with Gasteiger partial charge in [-0.15, -0.1) is 0 Å². The number of H-pyrrole nitrogens is 1. The minimum atomic E-state index is -4.30. The molecular formula is C9H7F3N2. The van der Waals surface area contributed by atoms with E-state index in [-0.39, 0.29) is 0 Å². The summed E-state index contributed by atoms with van der Waals surface area (Å²) in [6.45, 7) is 1.62. The number of alkyl halides is 3. The molecule has 0 aliphatic heterocycles. The van der Waals surface area contributed by atoms with Crippen molar-refractivity contribution < 1.29 is 13.2 Å². The number of nitrogens with zero attached hydrogens (tertiary/aromatic N) is 1. The van der Waals surface area contributed by atoms with E-state index in [4.69, 9.17) is 0 Å². The van der Waals surface area contributed by atoms with E-state index in [1.165, 1.54) is 6.20 Å². The summed E-state index contributed by atoms with van der Waals surface area (Å²) < 4.78 is 37.1. The molecule has 2 rings (SSSR count). The van der Waals surface area contributed by atoms with Crippen LogP contribution < -0.4 is 0 Å². The van der Waals surface area contributed by atoms with Crippen molar-refractivity contribution in [3.05, 3.63) is 29.5 Å². The van der Waals surface area contributed by atoms with Crippen LogP contribution in [0, 0.1) is 6.92 Å². The summed E-state index contributed by atoms with van der Waals surface area (Å²) in [5, 5.41) is 6.83. The van der Waals surface area contributed by atoms with Crippen LogP contribution in [0.2, 0.25) is 0 Å². The number of aromatic nitrogens is 2. The highest BCUT2D eigenvalue weighted by atomic mass is 19.4. The monoisotopic (exact) mass is 200 g/mol. The lowest BCUT2D eigenvalue weighted by atomic mass is 10.1. The number of aryl methyl sites for hydroxylation is 1. The fraction of sp³-hybridized carbons (Fsp3) is 0.222. The van der Waals surface area contributed by atoms with Gasteiger partial charge in [0.25, 0.3) is 0 Å². The first-order valence-electron chi connectivity index (χ1n) is 3.99. The van der Waals surface area contributed by atoms with Crippen molar-refractivity contribution >= 4 is 10.9 Å². The third-order valence-corrected chi connectivity index (χ3v) is 2.07. The van der Waals surface area contributed by atoms with Crippen LogP contribution in [0.3, 0.4) is 0 Å². The molecule has 0 saturated heterocycles. The predicted molar refractivity (Wildman–Crippen MR) is 45.8 cm³/mol. The molecule has 5 heteroatoms. The van der Waals surface area contributed by atoms with Crippen molar-refractivity contribution in [2.45, 2.75) is 13.1 Å². The van der Waals surface area contributed by atoms with Crippen LogP contribution >= 0.6 is 0 Å². The molecule has 2 aromatic rings. The Morgan fingerprint density at radius 2 is 2.00 bits per heavy atom. The molecule has 14 heavy (non-hydrogen) atoms. The summed E-state index contributed by atoms with van der Waals surface area (Å²) in [7, 11) is 0. The van der Waals surface area contributed by atoms with E-state index in [9.17, 15) is 13.2 Å². The van der Waals surface area contributed by atoms with E-state index < -0.39 is 11.7 Å². The number of hydrogen-bond acceptors (Lipinski definition) is 1. The Kier molecular flexibility index (Phi) is 1.77. The zero-order valence-corrected chi connectivity index (χ0v) is 7.31. The molecule has 0 bridgehead atoms. The van der Waals surface area contributed by atoms with E-state index in [1.807, 2.05) is 0 Å². The summed E-state index contributed by atoms with van der Waals surface area (Å²) >= 11 is 0. The average molecular weight is 200 g/mol. The zero-order chi connectivity index (χ0) is 10.3. The highest BCUT2D eigenvalue weighted by Gasteiger charge is 2.31. The molecular weight excluding hydrogens is 193 g/mol. The van der Waals surface area contributed by atoms with Crippen LogP contribution in [0.5, 0.6) is 0 Å². The van der Waals surface area contributed by atoms with Gasteiger partial charge in [-0.25, -0.2) is 0 Å². The maximum atomic E-state index is 12.4. The molecule has 0 fully saturated rings. The topological polar surface area (TPSA) is 28.7 Å². The van der Waals surface area contributed by atoms with Crippen molar-refractivity contribution in [1.29, 1.82) is 0 Å². The Morgan fingerprint density at radius 3 is 2.64 bits per heavy atom. The zero-order valence-electron chi connectivity index (χ0n) is 7.31. The van der Waals surface area contributed by atoms with Gasteiger partial charge in [0.2, 0.25) is 0 Å². The van der Waals surface area contributed by atoms with Crippen LogP contribution in [-0.4, -0.2) is 10.2 Å². The summed E-state index contributed by atoms with van der Waals surface area (Å²) in [4.78, 5) is 0. The van der Waals surface area contributed by atoms with Crippen molar-refractivity contribution in [2.24, 2.45) is 0 Å². The van der Waals surface area contributed by atoms with Crippen molar-refractivity contribution in [3.63, 3.8) is 0 Å². The normalized spacial score (nSPS) is 12.3. The summed E-state index contributed by atoms with van der Waals surface area (Å²) in [5.41, 5.74) is 0.564. The molecule has 0 aliphatic rings. The quantitative estimate of drug-likeness (QED) is 0.695. The smallest absolute Gasteiger partial charge is 0.278 e. The summed E-state index contributed by atoms with van der Waals surface area (Å²) in [5.74, 6) is 0. The molecule has 74 valence electrons. The fourth-order valence-electron chi connectivity index (χ4n) is 1.40. The number of hydrogen-bond donors (Lipinski definition) is 1. The lowest BCUT2D eigenvalue weighted by molar-refractivity contribution is -0.137. The van der Waals surface area contributed by atoms with Crippen LogP contribution in [0.4, 0.5) is 13.2 Å². The van der Waals surface area contributed by atoms with E-state index in [0.29, 0.717) is 16.5 Å². The van der Waals surface area contributed by atoms with Crippen molar-refractivity contribution in [3.8, 4) is 0 Å². The molecule has 0 amide bonds. The minimum absolute atomic E-state index is 0.484. The first-order valence-corrected chi connectivity index (χ1v) is 3.99. The SMILES string of the molecule is Cc1cc(C(F)(F)F)cc2cn[nH]c12. The van der Waals surface area contributed by atoms with Gasteiger partial charge < -0.3 is 0 Å². The number of fused-ring (bicyclic) bond motifs is 1. The van der Waals surface area contributed by atoms with Gasteiger partial charge in [-0.1, -0.05) is 0 Å². The Hall–Kier alpha value is -1.52. The number of benzene rings is 1. The second-order valence-corrected chi connectivity index (χ2v) is 3.13. The van der Waals surface area contributed by atoms with Crippen molar-refractivity contribution in [2.75, 3.05) is 0 Å². The standard InChI is InChI=1S/C9H7F3N2/c1-5-2-7(9(10,11)12)3-6-4-13-14-8(5)6/h2-4H,1H3,(H,13,14). The summed E-state index contributed by atoms with van der Waals surface area (Å²) in [6.07, 6.45) is -2.91. The Bertz CT molecular complexity index is 470. The van der Waals surface area contributed by atoms with Gasteiger partial charge in [0.05, 0.1) is 17.3 Å². The van der Waals surface area contributed by atoms with Gasteiger partial charge in [-0.05, 0) is 24.6 Å². The fourth-order valence-corrected chi connectivity index (χ4v) is 1.40. The van der Waals surface area contributed by atoms with Gasteiger partial charge in [-0.2, -0.15) is 18.3 Å². The highest BCUT2D eigenvalue weighted by Crippen LogP contribution is 2.32. The van der Waals surface area contributed by atoms with Gasteiger partial charge in [-0.3, -0.25) is 5.10 Å².